The Kier molecular flexibility index (Phi) is 4.13. The Labute approximate surface area is 130 Å². The van der Waals surface area contributed by atoms with Crippen LogP contribution in [-0.4, -0.2) is 22.4 Å². The third-order valence-electron chi connectivity index (χ3n) is 2.98. The van der Waals surface area contributed by atoms with Crippen LogP contribution in [0.1, 0.15) is 15.4 Å². The first-order chi connectivity index (χ1) is 10.2. The van der Waals surface area contributed by atoms with Gasteiger partial charge in [0, 0.05) is 31.1 Å². The van der Waals surface area contributed by atoms with Crippen molar-refractivity contribution in [2.45, 2.75) is 6.42 Å². The lowest BCUT2D eigenvalue weighted by atomic mass is 10.2. The number of nitrogens with zero attached hydrogens (tertiary/aromatic N) is 2. The molecule has 21 heavy (non-hydrogen) atoms. The van der Waals surface area contributed by atoms with E-state index in [1.807, 2.05) is 18.2 Å². The Hall–Kier alpha value is -1.98. The lowest BCUT2D eigenvalue weighted by Crippen LogP contribution is -2.25. The molecule has 0 aliphatic heterocycles. The highest BCUT2D eigenvalue weighted by molar-refractivity contribution is 7.21. The van der Waals surface area contributed by atoms with Crippen LogP contribution in [-0.2, 0) is 6.42 Å². The fraction of sp³-hybridized carbons (Fsp3) is 0.133. The molecular weight excluding hydrogens is 306 g/mol. The van der Waals surface area contributed by atoms with Crippen LogP contribution in [0.2, 0.25) is 5.02 Å². The molecule has 0 aliphatic rings. The Morgan fingerprint density at radius 1 is 1.24 bits per heavy atom. The number of halogens is 1. The van der Waals surface area contributed by atoms with Crippen molar-refractivity contribution in [2.24, 2.45) is 0 Å². The van der Waals surface area contributed by atoms with E-state index in [2.05, 4.69) is 15.3 Å². The van der Waals surface area contributed by atoms with E-state index in [-0.39, 0.29) is 5.91 Å². The molecule has 0 unspecified atom stereocenters. The van der Waals surface area contributed by atoms with Crippen molar-refractivity contribution in [3.8, 4) is 0 Å². The van der Waals surface area contributed by atoms with Gasteiger partial charge >= 0.3 is 0 Å². The number of carbonyl (C=O) groups is 1. The summed E-state index contributed by atoms with van der Waals surface area (Å²) in [6.45, 7) is 0.547. The van der Waals surface area contributed by atoms with Crippen molar-refractivity contribution in [1.29, 1.82) is 0 Å². The van der Waals surface area contributed by atoms with E-state index in [1.54, 1.807) is 24.5 Å². The number of hydrogen-bond donors (Lipinski definition) is 1. The van der Waals surface area contributed by atoms with E-state index >= 15 is 0 Å². The maximum atomic E-state index is 12.1. The predicted molar refractivity (Wildman–Crippen MR) is 84.9 cm³/mol. The average molecular weight is 318 g/mol. The Balaban J connectivity index is 1.65. The first-order valence-electron chi connectivity index (χ1n) is 6.46. The van der Waals surface area contributed by atoms with Crippen LogP contribution >= 0.6 is 22.9 Å². The van der Waals surface area contributed by atoms with Crippen molar-refractivity contribution in [1.82, 2.24) is 15.3 Å². The van der Waals surface area contributed by atoms with Gasteiger partial charge in [-0.1, -0.05) is 17.7 Å². The standard InChI is InChI=1S/C15H12ClN3OS/c16-11-5-8-18-12-9-13(21-14(11)12)15(20)19-7-4-10-3-1-2-6-17-10/h1-3,5-6,8-9H,4,7H2,(H,19,20). The average Bonchev–Trinajstić information content (AvgIpc) is 2.94. The summed E-state index contributed by atoms with van der Waals surface area (Å²) in [5.74, 6) is -0.106. The fourth-order valence-corrected chi connectivity index (χ4v) is 3.16. The van der Waals surface area contributed by atoms with Crippen molar-refractivity contribution >= 4 is 39.1 Å². The van der Waals surface area contributed by atoms with Gasteiger partial charge in [-0.25, -0.2) is 0 Å². The summed E-state index contributed by atoms with van der Waals surface area (Å²) in [6, 6.07) is 9.24. The molecule has 0 spiro atoms. The van der Waals surface area contributed by atoms with Crippen LogP contribution in [0.15, 0.2) is 42.7 Å². The number of pyridine rings is 2. The van der Waals surface area contributed by atoms with E-state index in [0.717, 1.165) is 15.9 Å². The second-order valence-corrected chi connectivity index (χ2v) is 5.90. The van der Waals surface area contributed by atoms with Crippen LogP contribution < -0.4 is 5.32 Å². The van der Waals surface area contributed by atoms with E-state index in [1.165, 1.54) is 11.3 Å². The van der Waals surface area contributed by atoms with E-state index < -0.39 is 0 Å². The third-order valence-corrected chi connectivity index (χ3v) is 4.56. The highest BCUT2D eigenvalue weighted by Crippen LogP contribution is 2.30. The third kappa shape index (κ3) is 3.20. The van der Waals surface area contributed by atoms with Gasteiger partial charge in [-0.05, 0) is 24.3 Å². The molecule has 0 saturated carbocycles. The molecule has 3 aromatic heterocycles. The van der Waals surface area contributed by atoms with Crippen molar-refractivity contribution in [2.75, 3.05) is 6.54 Å². The highest BCUT2D eigenvalue weighted by Gasteiger charge is 2.12. The molecule has 1 N–H and O–H groups in total. The molecule has 0 fully saturated rings. The number of hydrogen-bond acceptors (Lipinski definition) is 4. The highest BCUT2D eigenvalue weighted by atomic mass is 35.5. The van der Waals surface area contributed by atoms with Gasteiger partial charge in [0.2, 0.25) is 0 Å². The van der Waals surface area contributed by atoms with Gasteiger partial charge in [0.1, 0.15) is 0 Å². The van der Waals surface area contributed by atoms with E-state index in [4.69, 9.17) is 11.6 Å². The van der Waals surface area contributed by atoms with Crippen molar-refractivity contribution < 1.29 is 4.79 Å². The Morgan fingerprint density at radius 2 is 2.14 bits per heavy atom. The van der Waals surface area contributed by atoms with Gasteiger partial charge in [-0.3, -0.25) is 14.8 Å². The second kappa shape index (κ2) is 6.20. The topological polar surface area (TPSA) is 54.9 Å². The summed E-state index contributed by atoms with van der Waals surface area (Å²) in [6.07, 6.45) is 4.09. The fourth-order valence-electron chi connectivity index (χ4n) is 1.96. The SMILES string of the molecule is O=C(NCCc1ccccn1)c1cc2nccc(Cl)c2s1. The Morgan fingerprint density at radius 3 is 2.90 bits per heavy atom. The molecule has 0 radical (unpaired) electrons. The summed E-state index contributed by atoms with van der Waals surface area (Å²) in [5, 5.41) is 3.51. The maximum absolute atomic E-state index is 12.1. The van der Waals surface area contributed by atoms with Gasteiger partial charge in [0.15, 0.2) is 0 Å². The molecule has 3 aromatic rings. The van der Waals surface area contributed by atoms with E-state index in [9.17, 15) is 4.79 Å². The zero-order chi connectivity index (χ0) is 14.7. The summed E-state index contributed by atoms with van der Waals surface area (Å²) in [5.41, 5.74) is 1.71. The number of thiophene rings is 1. The molecule has 0 aromatic carbocycles. The minimum Gasteiger partial charge on any atom is -0.351 e. The summed E-state index contributed by atoms with van der Waals surface area (Å²) in [4.78, 5) is 21.2. The van der Waals surface area contributed by atoms with Gasteiger partial charge < -0.3 is 5.32 Å². The largest absolute Gasteiger partial charge is 0.351 e. The lowest BCUT2D eigenvalue weighted by molar-refractivity contribution is 0.0958. The van der Waals surface area contributed by atoms with Crippen LogP contribution in [0.25, 0.3) is 10.2 Å². The van der Waals surface area contributed by atoms with Gasteiger partial charge in [0.05, 0.1) is 20.1 Å². The molecular formula is C15H12ClN3OS. The summed E-state index contributed by atoms with van der Waals surface area (Å²) >= 11 is 7.45. The molecule has 0 saturated heterocycles. The lowest BCUT2D eigenvalue weighted by Gasteiger charge is -2.02. The van der Waals surface area contributed by atoms with Gasteiger partial charge in [-0.15, -0.1) is 11.3 Å². The Bertz CT molecular complexity index is 773. The second-order valence-electron chi connectivity index (χ2n) is 4.44. The van der Waals surface area contributed by atoms with Gasteiger partial charge in [0.25, 0.3) is 5.91 Å². The van der Waals surface area contributed by atoms with Crippen molar-refractivity contribution in [3.05, 3.63) is 58.3 Å². The summed E-state index contributed by atoms with van der Waals surface area (Å²) < 4.78 is 0.842. The van der Waals surface area contributed by atoms with Crippen LogP contribution in [0.4, 0.5) is 0 Å². The van der Waals surface area contributed by atoms with Crippen LogP contribution in [0.5, 0.6) is 0 Å². The molecule has 0 bridgehead atoms. The normalized spacial score (nSPS) is 10.7. The van der Waals surface area contributed by atoms with E-state index in [0.29, 0.717) is 22.9 Å². The number of nitrogens with one attached hydrogen (secondary N) is 1. The number of fused-ring (bicyclic) bond motifs is 1. The molecule has 3 heterocycles. The van der Waals surface area contributed by atoms with Crippen LogP contribution in [0, 0.1) is 0 Å². The molecule has 0 aliphatic carbocycles. The number of rotatable bonds is 4. The minimum atomic E-state index is -0.106. The molecule has 106 valence electrons. The van der Waals surface area contributed by atoms with Gasteiger partial charge in [-0.2, -0.15) is 0 Å². The molecule has 3 rings (SSSR count). The van der Waals surface area contributed by atoms with Crippen molar-refractivity contribution in [3.63, 3.8) is 0 Å². The zero-order valence-electron chi connectivity index (χ0n) is 11.0. The molecule has 1 amide bonds. The molecule has 6 heteroatoms. The number of carbonyl (C=O) groups excluding carboxylic acids is 1. The predicted octanol–water partition coefficient (Wildman–Crippen LogP) is 3.32. The maximum Gasteiger partial charge on any atom is 0.261 e. The minimum absolute atomic E-state index is 0.106. The first-order valence-corrected chi connectivity index (χ1v) is 7.65. The number of amides is 1. The van der Waals surface area contributed by atoms with Crippen LogP contribution in [0.3, 0.4) is 0 Å². The molecule has 4 nitrogen and oxygen atoms in total. The quantitative estimate of drug-likeness (QED) is 0.803. The number of aromatic nitrogens is 2. The smallest absolute Gasteiger partial charge is 0.261 e. The first kappa shape index (κ1) is 14.0. The zero-order valence-corrected chi connectivity index (χ0v) is 12.6. The summed E-state index contributed by atoms with van der Waals surface area (Å²) in [7, 11) is 0. The molecule has 0 atom stereocenters. The monoisotopic (exact) mass is 317 g/mol.